The summed E-state index contributed by atoms with van der Waals surface area (Å²) >= 11 is 0. The Labute approximate surface area is 423 Å². The Morgan fingerprint density at radius 2 is 0.603 bits per heavy atom. The van der Waals surface area contributed by atoms with Gasteiger partial charge < -0.3 is 19.6 Å². The van der Waals surface area contributed by atoms with Gasteiger partial charge in [-0.2, -0.15) is 0 Å². The number of fused-ring (bicyclic) bond motifs is 11. The Bertz CT molecular complexity index is 3940. The predicted molar refractivity (Wildman–Crippen MR) is 304 cm³/mol. The first-order valence-corrected chi connectivity index (χ1v) is 25.1. The van der Waals surface area contributed by atoms with Crippen LogP contribution in [0.25, 0.3) is 27.8 Å². The van der Waals surface area contributed by atoms with E-state index in [0.717, 1.165) is 67.3 Å². The molecule has 0 spiro atoms. The Kier molecular flexibility index (Phi) is 8.50. The van der Waals surface area contributed by atoms with E-state index in [0.29, 0.717) is 5.95 Å². The fraction of sp³-hybridized carbons (Fsp3) is 0. The fourth-order valence-corrected chi connectivity index (χ4v) is 12.8. The first kappa shape index (κ1) is 40.2. The van der Waals surface area contributed by atoms with Crippen molar-refractivity contribution in [1.29, 1.82) is 0 Å². The normalized spacial score (nSPS) is 13.6. The molecule has 4 aliphatic rings. The molecule has 0 bridgehead atoms. The van der Waals surface area contributed by atoms with Gasteiger partial charge in [0.25, 0.3) is 13.4 Å². The number of nitrogens with zero attached hydrogens (tertiary/aromatic N) is 7. The molecule has 338 valence electrons. The summed E-state index contributed by atoms with van der Waals surface area (Å²) in [4.78, 5) is 19.9. The van der Waals surface area contributed by atoms with Crippen LogP contribution in [-0.4, -0.2) is 28.0 Å². The molecule has 0 radical (unpaired) electrons. The molecule has 0 N–H and O–H groups in total. The van der Waals surface area contributed by atoms with E-state index >= 15 is 0 Å². The molecular weight excluding hydrogens is 888 g/mol. The van der Waals surface area contributed by atoms with Crippen molar-refractivity contribution in [2.24, 2.45) is 0 Å². The number of anilines is 12. The third kappa shape index (κ3) is 5.67. The lowest BCUT2D eigenvalue weighted by Gasteiger charge is -2.44. The summed E-state index contributed by atoms with van der Waals surface area (Å²) in [6.07, 6.45) is 3.71. The second kappa shape index (κ2) is 15.5. The van der Waals surface area contributed by atoms with Crippen molar-refractivity contribution in [2.45, 2.75) is 0 Å². The molecule has 0 aliphatic carbocycles. The van der Waals surface area contributed by atoms with E-state index in [1.165, 1.54) is 55.5 Å². The summed E-state index contributed by atoms with van der Waals surface area (Å²) < 4.78 is 2.30. The predicted octanol–water partition coefficient (Wildman–Crippen LogP) is 11.7. The van der Waals surface area contributed by atoms with Gasteiger partial charge in [0.1, 0.15) is 0 Å². The Morgan fingerprint density at radius 3 is 0.986 bits per heavy atom. The van der Waals surface area contributed by atoms with Crippen molar-refractivity contribution in [3.8, 4) is 5.95 Å². The number of hydrogen-bond donors (Lipinski definition) is 0. The van der Waals surface area contributed by atoms with Gasteiger partial charge in [-0.3, -0.25) is 4.57 Å². The second-order valence-corrected chi connectivity index (χ2v) is 19.3. The van der Waals surface area contributed by atoms with E-state index < -0.39 is 0 Å². The number of para-hydroxylation sites is 6. The molecule has 9 heteroatoms. The molecule has 0 fully saturated rings. The number of aromatic nitrogens is 3. The van der Waals surface area contributed by atoms with Gasteiger partial charge in [0.15, 0.2) is 0 Å². The topological polar surface area (TPSA) is 43.7 Å². The van der Waals surface area contributed by atoms with Crippen LogP contribution in [0.4, 0.5) is 68.2 Å². The van der Waals surface area contributed by atoms with E-state index in [2.05, 4.69) is 255 Å². The summed E-state index contributed by atoms with van der Waals surface area (Å²) in [6.45, 7) is -0.106. The zero-order chi connectivity index (χ0) is 47.7. The van der Waals surface area contributed by atoms with Crippen LogP contribution in [0.5, 0.6) is 0 Å². The standard InChI is InChI=1S/C64H41B2N7/c1-5-20-42(21-6-1)69-52-30-15-13-28-48(52)65-50-38-46-47-39-51-61(41-59(47)73(64-67-36-19-37-68-64)58(46)40-60(50)71(44-24-9-3-10-25-44)56-34-17-32-54(69)62(56)65)72(45-26-11-4-12-27-45)57-35-18-33-55-63(57)66(51)49-29-14-16-31-53(49)70(55)43-22-7-2-8-23-43/h1-41H. The Morgan fingerprint density at radius 1 is 0.274 bits per heavy atom. The van der Waals surface area contributed by atoms with Crippen molar-refractivity contribution >= 4 is 136 Å². The quantitative estimate of drug-likeness (QED) is 0.160. The van der Waals surface area contributed by atoms with E-state index in [4.69, 9.17) is 9.97 Å². The summed E-state index contributed by atoms with van der Waals surface area (Å²) in [5.74, 6) is 0.625. The Hall–Kier alpha value is -9.59. The smallest absolute Gasteiger partial charge is 0.252 e. The number of hydrogen-bond acceptors (Lipinski definition) is 6. The lowest BCUT2D eigenvalue weighted by Crippen LogP contribution is -2.61. The van der Waals surface area contributed by atoms with Crippen molar-refractivity contribution in [3.05, 3.63) is 249 Å². The van der Waals surface area contributed by atoms with Crippen molar-refractivity contribution < 1.29 is 0 Å². The van der Waals surface area contributed by atoms with Crippen molar-refractivity contribution in [2.75, 3.05) is 19.6 Å². The summed E-state index contributed by atoms with van der Waals surface area (Å²) in [5.41, 5.74) is 23.5. The first-order valence-electron chi connectivity index (χ1n) is 25.1. The Balaban J connectivity index is 1.02. The van der Waals surface area contributed by atoms with Crippen molar-refractivity contribution in [1.82, 2.24) is 14.5 Å². The largest absolute Gasteiger partial charge is 0.311 e. The molecular formula is C64H41B2N7. The van der Waals surface area contributed by atoms with Crippen molar-refractivity contribution in [3.63, 3.8) is 0 Å². The third-order valence-corrected chi connectivity index (χ3v) is 15.6. The van der Waals surface area contributed by atoms with Gasteiger partial charge >= 0.3 is 0 Å². The van der Waals surface area contributed by atoms with Crippen LogP contribution in [0.2, 0.25) is 0 Å². The summed E-state index contributed by atoms with van der Waals surface area (Å²) in [5, 5.41) is 2.31. The molecule has 16 rings (SSSR count). The van der Waals surface area contributed by atoms with Gasteiger partial charge in [0.05, 0.1) is 11.0 Å². The van der Waals surface area contributed by atoms with Gasteiger partial charge in [0.2, 0.25) is 5.95 Å². The number of benzene rings is 10. The minimum atomic E-state index is -0.0528. The highest BCUT2D eigenvalue weighted by Crippen LogP contribution is 2.48. The van der Waals surface area contributed by atoms with Crippen LogP contribution in [0.15, 0.2) is 249 Å². The fourth-order valence-electron chi connectivity index (χ4n) is 12.8. The first-order chi connectivity index (χ1) is 36.3. The zero-order valence-electron chi connectivity index (χ0n) is 39.5. The van der Waals surface area contributed by atoms with Gasteiger partial charge in [-0.1, -0.05) is 133 Å². The molecule has 0 saturated heterocycles. The van der Waals surface area contributed by atoms with Crippen LogP contribution in [0.1, 0.15) is 0 Å². The molecule has 7 nitrogen and oxygen atoms in total. The molecule has 0 amide bonds. The van der Waals surface area contributed by atoms with Crippen LogP contribution in [-0.2, 0) is 0 Å². The average molecular weight is 930 g/mol. The monoisotopic (exact) mass is 929 g/mol. The van der Waals surface area contributed by atoms with Gasteiger partial charge in [0, 0.05) is 91.4 Å². The third-order valence-electron chi connectivity index (χ3n) is 15.6. The number of rotatable bonds is 5. The maximum Gasteiger partial charge on any atom is 0.252 e. The van der Waals surface area contributed by atoms with E-state index in [-0.39, 0.29) is 13.4 Å². The van der Waals surface area contributed by atoms with Gasteiger partial charge in [-0.05, 0) is 136 Å². The maximum absolute atomic E-state index is 5.02. The van der Waals surface area contributed by atoms with E-state index in [9.17, 15) is 0 Å². The van der Waals surface area contributed by atoms with Crippen LogP contribution in [0.3, 0.4) is 0 Å². The molecule has 10 aromatic carbocycles. The zero-order valence-corrected chi connectivity index (χ0v) is 39.5. The van der Waals surface area contributed by atoms with Crippen LogP contribution in [0, 0.1) is 0 Å². The minimum absolute atomic E-state index is 0.0528. The molecule has 12 aromatic rings. The molecule has 0 saturated carbocycles. The highest BCUT2D eigenvalue weighted by atomic mass is 15.2. The second-order valence-electron chi connectivity index (χ2n) is 19.3. The SMILES string of the molecule is c1ccc(N2c3ccccc3B3c4cc5c6cc7c(cc6n(-c6ncccn6)c5cc4N(c4ccccc4)c4cccc2c43)N(c2ccccc2)c2cccc3c2B7c2ccccc2N3c2ccccc2)cc1. The molecule has 0 atom stereocenters. The highest BCUT2D eigenvalue weighted by molar-refractivity contribution is 7.01. The summed E-state index contributed by atoms with van der Waals surface area (Å²) in [6, 6.07) is 86.7. The highest BCUT2D eigenvalue weighted by Gasteiger charge is 2.46. The van der Waals surface area contributed by atoms with Crippen LogP contribution >= 0.6 is 0 Å². The minimum Gasteiger partial charge on any atom is -0.311 e. The van der Waals surface area contributed by atoms with E-state index in [1.54, 1.807) is 0 Å². The van der Waals surface area contributed by atoms with E-state index in [1.807, 2.05) is 18.5 Å². The molecule has 6 heterocycles. The van der Waals surface area contributed by atoms with Gasteiger partial charge in [-0.15, -0.1) is 0 Å². The molecule has 0 unspecified atom stereocenters. The molecule has 73 heavy (non-hydrogen) atoms. The summed E-state index contributed by atoms with van der Waals surface area (Å²) in [7, 11) is 0. The maximum atomic E-state index is 5.02. The van der Waals surface area contributed by atoms with Gasteiger partial charge in [-0.25, -0.2) is 9.97 Å². The average Bonchev–Trinajstić information content (AvgIpc) is 3.77. The molecule has 2 aromatic heterocycles. The lowest BCUT2D eigenvalue weighted by atomic mass is 9.33. The van der Waals surface area contributed by atoms with Crippen LogP contribution < -0.4 is 52.4 Å². The lowest BCUT2D eigenvalue weighted by molar-refractivity contribution is 0.988. The molecule has 4 aliphatic heterocycles.